The van der Waals surface area contributed by atoms with Gasteiger partial charge >= 0.3 is 11.9 Å². The van der Waals surface area contributed by atoms with Crippen molar-refractivity contribution in [2.75, 3.05) is 26.3 Å². The van der Waals surface area contributed by atoms with Gasteiger partial charge in [-0.15, -0.1) is 0 Å². The third-order valence-corrected chi connectivity index (χ3v) is 2.48. The fourth-order valence-corrected chi connectivity index (χ4v) is 1.01. The molecule has 0 bridgehead atoms. The van der Waals surface area contributed by atoms with Gasteiger partial charge in [-0.1, -0.05) is 0 Å². The molecule has 8 heteroatoms. The monoisotopic (exact) mass is 264 g/mol. The van der Waals surface area contributed by atoms with E-state index in [2.05, 4.69) is 10.6 Å². The van der Waals surface area contributed by atoms with Crippen molar-refractivity contribution in [1.82, 2.24) is 10.6 Å². The summed E-state index contributed by atoms with van der Waals surface area (Å²) in [6, 6.07) is 0.843. The fraction of sp³-hybridized carbons (Fsp3) is 0.800. The molecule has 0 aromatic rings. The number of carboxylic acids is 2. The summed E-state index contributed by atoms with van der Waals surface area (Å²) in [5, 5.41) is 37.5. The number of aliphatic hydroxyl groups excluding tert-OH is 2. The number of carbonyl (C=O) groups is 2. The van der Waals surface area contributed by atoms with Crippen LogP contribution in [0.2, 0.25) is 0 Å². The van der Waals surface area contributed by atoms with Crippen molar-refractivity contribution in [1.29, 1.82) is 0 Å². The highest BCUT2D eigenvalue weighted by atomic mass is 16.4. The van der Waals surface area contributed by atoms with Crippen molar-refractivity contribution in [2.45, 2.75) is 24.9 Å². The third-order valence-electron chi connectivity index (χ3n) is 2.48. The number of rotatable bonds is 2. The van der Waals surface area contributed by atoms with Gasteiger partial charge in [0.05, 0.1) is 13.2 Å². The molecular weight excluding hydrogens is 244 g/mol. The number of carboxylic acid groups (broad SMARTS) is 2. The lowest BCUT2D eigenvalue weighted by Crippen LogP contribution is -2.45. The Hall–Kier alpha value is -1.22. The first-order valence-corrected chi connectivity index (χ1v) is 5.66. The summed E-state index contributed by atoms with van der Waals surface area (Å²) in [5.41, 5.74) is 0. The van der Waals surface area contributed by atoms with E-state index in [4.69, 9.17) is 30.0 Å². The zero-order valence-electron chi connectivity index (χ0n) is 10.0. The summed E-state index contributed by atoms with van der Waals surface area (Å²) >= 11 is 0. The van der Waals surface area contributed by atoms with Crippen LogP contribution in [0.1, 0.15) is 12.8 Å². The molecule has 6 N–H and O–H groups in total. The lowest BCUT2D eigenvalue weighted by Gasteiger charge is -2.24. The van der Waals surface area contributed by atoms with Crippen LogP contribution in [0.25, 0.3) is 0 Å². The van der Waals surface area contributed by atoms with Crippen LogP contribution < -0.4 is 10.6 Å². The van der Waals surface area contributed by atoms with E-state index in [9.17, 15) is 0 Å². The normalized spacial score (nSPS) is 24.1. The predicted molar refractivity (Wildman–Crippen MR) is 62.3 cm³/mol. The van der Waals surface area contributed by atoms with Crippen molar-refractivity contribution < 1.29 is 30.0 Å². The molecule has 2 heterocycles. The zero-order chi connectivity index (χ0) is 14.0. The fourth-order valence-electron chi connectivity index (χ4n) is 1.01. The number of hydrogen-bond acceptors (Lipinski definition) is 6. The second-order valence-electron chi connectivity index (χ2n) is 3.85. The highest BCUT2D eigenvalue weighted by Gasteiger charge is 2.13. The minimum Gasteiger partial charge on any atom is -0.473 e. The molecule has 0 amide bonds. The summed E-state index contributed by atoms with van der Waals surface area (Å²) in [4.78, 5) is 18.2. The zero-order valence-corrected chi connectivity index (χ0v) is 10.0. The first-order valence-electron chi connectivity index (χ1n) is 5.66. The molecular formula is C10H20N2O6. The molecule has 0 aromatic carbocycles. The summed E-state index contributed by atoms with van der Waals surface area (Å²) in [6.07, 6.45) is 2.30. The Morgan fingerprint density at radius 2 is 1.17 bits per heavy atom. The maximum atomic E-state index is 9.10. The molecule has 2 aliphatic heterocycles. The molecule has 0 aromatic heterocycles. The largest absolute Gasteiger partial charge is 0.473 e. The Balaban J connectivity index is 0.000000241. The van der Waals surface area contributed by atoms with Crippen molar-refractivity contribution in [3.8, 4) is 0 Å². The van der Waals surface area contributed by atoms with E-state index in [1.807, 2.05) is 0 Å². The molecule has 2 rings (SSSR count). The van der Waals surface area contributed by atoms with Gasteiger partial charge in [0.1, 0.15) is 0 Å². The second kappa shape index (κ2) is 9.77. The Bertz CT molecular complexity index is 221. The standard InChI is InChI=1S/2C4H9NO.C2H2O4/c2*6-3-4-1-2-5-4;3-1(4)2(5)6/h2*4-6H,1-3H2;(H,3,4)(H,5,6)/t2*4-;/m11./s1. The van der Waals surface area contributed by atoms with Crippen LogP contribution in [0.3, 0.4) is 0 Å². The molecule has 18 heavy (non-hydrogen) atoms. The Labute approximate surface area is 105 Å². The van der Waals surface area contributed by atoms with Crippen molar-refractivity contribution in [3.05, 3.63) is 0 Å². The Morgan fingerprint density at radius 3 is 1.17 bits per heavy atom. The minimum absolute atomic E-state index is 0.306. The quantitative estimate of drug-likeness (QED) is 0.310. The predicted octanol–water partition coefficient (Wildman–Crippen LogP) is -2.16. The van der Waals surface area contributed by atoms with Crippen LogP contribution in [-0.4, -0.2) is 70.8 Å². The first-order chi connectivity index (χ1) is 8.51. The lowest BCUT2D eigenvalue weighted by molar-refractivity contribution is -0.159. The number of nitrogens with one attached hydrogen (secondary N) is 2. The molecule has 2 fully saturated rings. The second-order valence-corrected chi connectivity index (χ2v) is 3.85. The molecule has 106 valence electrons. The van der Waals surface area contributed by atoms with Crippen LogP contribution >= 0.6 is 0 Å². The average Bonchev–Trinajstić information content (AvgIpc) is 2.15. The van der Waals surface area contributed by atoms with E-state index in [0.717, 1.165) is 25.9 Å². The van der Waals surface area contributed by atoms with Gasteiger partial charge in [-0.05, 0) is 25.9 Å². The Morgan fingerprint density at radius 1 is 0.889 bits per heavy atom. The van der Waals surface area contributed by atoms with Crippen molar-refractivity contribution in [3.63, 3.8) is 0 Å². The molecule has 2 saturated heterocycles. The first kappa shape index (κ1) is 16.8. The molecule has 2 atom stereocenters. The van der Waals surface area contributed by atoms with Crippen LogP contribution in [0, 0.1) is 0 Å². The van der Waals surface area contributed by atoms with Crippen molar-refractivity contribution >= 4 is 11.9 Å². The molecule has 0 radical (unpaired) electrons. The van der Waals surface area contributed by atoms with E-state index in [1.165, 1.54) is 0 Å². The van der Waals surface area contributed by atoms with Gasteiger partial charge in [-0.25, -0.2) is 9.59 Å². The smallest absolute Gasteiger partial charge is 0.414 e. The maximum Gasteiger partial charge on any atom is 0.414 e. The Kier molecular flexibility index (Phi) is 9.11. The lowest BCUT2D eigenvalue weighted by atomic mass is 10.1. The van der Waals surface area contributed by atoms with Gasteiger partial charge in [0.25, 0.3) is 0 Å². The van der Waals surface area contributed by atoms with Gasteiger partial charge in [-0.3, -0.25) is 0 Å². The molecule has 0 spiro atoms. The van der Waals surface area contributed by atoms with Crippen molar-refractivity contribution in [2.24, 2.45) is 0 Å². The SMILES string of the molecule is O=C(O)C(=O)O.OC[C@H]1CCN1.OC[C@H]1CCN1. The highest BCUT2D eigenvalue weighted by Crippen LogP contribution is 1.98. The highest BCUT2D eigenvalue weighted by molar-refractivity contribution is 6.27. The summed E-state index contributed by atoms with van der Waals surface area (Å²) < 4.78 is 0. The number of aliphatic carboxylic acids is 2. The topological polar surface area (TPSA) is 139 Å². The van der Waals surface area contributed by atoms with Gasteiger partial charge in [0.2, 0.25) is 0 Å². The van der Waals surface area contributed by atoms with Crippen LogP contribution in [0.15, 0.2) is 0 Å². The summed E-state index contributed by atoms with van der Waals surface area (Å²) in [5.74, 6) is -3.65. The van der Waals surface area contributed by atoms with E-state index in [1.54, 1.807) is 0 Å². The minimum atomic E-state index is -1.82. The van der Waals surface area contributed by atoms with Gasteiger partial charge < -0.3 is 31.1 Å². The van der Waals surface area contributed by atoms with Gasteiger partial charge in [0.15, 0.2) is 0 Å². The maximum absolute atomic E-state index is 9.10. The van der Waals surface area contributed by atoms with Crippen LogP contribution in [0.4, 0.5) is 0 Å². The van der Waals surface area contributed by atoms with E-state index >= 15 is 0 Å². The number of hydrogen-bond donors (Lipinski definition) is 6. The average molecular weight is 264 g/mol. The van der Waals surface area contributed by atoms with Crippen LogP contribution in [0.5, 0.6) is 0 Å². The van der Waals surface area contributed by atoms with Gasteiger partial charge in [0, 0.05) is 12.1 Å². The molecule has 0 aliphatic carbocycles. The molecule has 2 aliphatic rings. The molecule has 8 nitrogen and oxygen atoms in total. The van der Waals surface area contributed by atoms with E-state index in [0.29, 0.717) is 25.3 Å². The van der Waals surface area contributed by atoms with Crippen LogP contribution in [-0.2, 0) is 9.59 Å². The van der Waals surface area contributed by atoms with Gasteiger partial charge in [-0.2, -0.15) is 0 Å². The number of aliphatic hydroxyl groups is 2. The molecule has 0 unspecified atom stereocenters. The van der Waals surface area contributed by atoms with E-state index in [-0.39, 0.29) is 0 Å². The summed E-state index contributed by atoms with van der Waals surface area (Å²) in [7, 11) is 0. The third kappa shape index (κ3) is 7.96. The molecule has 0 saturated carbocycles. The van der Waals surface area contributed by atoms with E-state index < -0.39 is 11.9 Å². The summed E-state index contributed by atoms with van der Waals surface area (Å²) in [6.45, 7) is 2.79.